The molecule has 2 rings (SSSR count). The lowest BCUT2D eigenvalue weighted by molar-refractivity contribution is 0.240. The molecule has 0 radical (unpaired) electrons. The van der Waals surface area contributed by atoms with Crippen molar-refractivity contribution >= 4 is 33.0 Å². The summed E-state index contributed by atoms with van der Waals surface area (Å²) in [6, 6.07) is 3.52. The van der Waals surface area contributed by atoms with Gasteiger partial charge in [0.25, 0.3) is 10.0 Å². The topological polar surface area (TPSA) is 63.4 Å². The highest BCUT2D eigenvalue weighted by atomic mass is 35.5. The van der Waals surface area contributed by atoms with E-state index in [2.05, 4.69) is 0 Å². The van der Waals surface area contributed by atoms with Crippen LogP contribution in [0.1, 0.15) is 39.0 Å². The Kier molecular flexibility index (Phi) is 5.48. The summed E-state index contributed by atoms with van der Waals surface area (Å²) < 4.78 is 28.0. The zero-order chi connectivity index (χ0) is 14.8. The van der Waals surface area contributed by atoms with Crippen molar-refractivity contribution in [3.63, 3.8) is 0 Å². The van der Waals surface area contributed by atoms with E-state index in [1.165, 1.54) is 0 Å². The van der Waals surface area contributed by atoms with Crippen LogP contribution in [0.25, 0.3) is 0 Å². The fourth-order valence-corrected chi connectivity index (χ4v) is 6.05. The maximum Gasteiger partial charge on any atom is 0.252 e. The van der Waals surface area contributed by atoms with Crippen LogP contribution < -0.4 is 5.73 Å². The molecule has 4 nitrogen and oxygen atoms in total. The van der Waals surface area contributed by atoms with E-state index in [0.29, 0.717) is 15.1 Å². The van der Waals surface area contributed by atoms with Crippen molar-refractivity contribution in [2.75, 3.05) is 6.54 Å². The Hall–Kier alpha value is -0.140. The fraction of sp³-hybridized carbons (Fsp3) is 0.692. The van der Waals surface area contributed by atoms with Crippen LogP contribution in [0.5, 0.6) is 0 Å². The second kappa shape index (κ2) is 6.75. The number of rotatable bonds is 5. The number of halogens is 1. The van der Waals surface area contributed by atoms with Crippen LogP contribution >= 0.6 is 22.9 Å². The Morgan fingerprint density at radius 2 is 2.00 bits per heavy atom. The SMILES string of the molecule is CCCN(C1CCC(N)CC1)S(=O)(=O)c1ccc(Cl)s1. The Bertz CT molecular complexity index is 536. The molecule has 2 N–H and O–H groups in total. The average molecular weight is 337 g/mol. The molecular weight excluding hydrogens is 316 g/mol. The van der Waals surface area contributed by atoms with E-state index >= 15 is 0 Å². The molecule has 1 saturated carbocycles. The molecule has 1 aromatic rings. The second-order valence-corrected chi connectivity index (χ2v) is 9.08. The fourth-order valence-electron chi connectivity index (χ4n) is 2.66. The Balaban J connectivity index is 2.23. The van der Waals surface area contributed by atoms with E-state index < -0.39 is 10.0 Å². The monoisotopic (exact) mass is 336 g/mol. The molecule has 1 aliphatic carbocycles. The first-order valence-corrected chi connectivity index (χ1v) is 9.61. The Morgan fingerprint density at radius 1 is 1.35 bits per heavy atom. The molecule has 114 valence electrons. The molecule has 1 aliphatic rings. The third-order valence-electron chi connectivity index (χ3n) is 3.70. The van der Waals surface area contributed by atoms with Gasteiger partial charge in [0.05, 0.1) is 4.34 Å². The lowest BCUT2D eigenvalue weighted by atomic mass is 9.92. The molecule has 0 amide bonds. The summed E-state index contributed by atoms with van der Waals surface area (Å²) in [6.07, 6.45) is 4.29. The summed E-state index contributed by atoms with van der Waals surface area (Å²) in [5, 5.41) is 0. The lowest BCUT2D eigenvalue weighted by Gasteiger charge is -2.34. The van der Waals surface area contributed by atoms with Gasteiger partial charge in [-0.25, -0.2) is 8.42 Å². The van der Waals surface area contributed by atoms with E-state index in [0.717, 1.165) is 43.4 Å². The van der Waals surface area contributed by atoms with E-state index in [-0.39, 0.29) is 12.1 Å². The van der Waals surface area contributed by atoms with Gasteiger partial charge in [-0.3, -0.25) is 0 Å². The predicted octanol–water partition coefficient (Wildman–Crippen LogP) is 3.07. The van der Waals surface area contributed by atoms with E-state index in [9.17, 15) is 8.42 Å². The molecule has 0 aliphatic heterocycles. The van der Waals surface area contributed by atoms with Gasteiger partial charge in [-0.05, 0) is 44.2 Å². The highest BCUT2D eigenvalue weighted by molar-refractivity contribution is 7.91. The predicted molar refractivity (Wildman–Crippen MR) is 83.7 cm³/mol. The van der Waals surface area contributed by atoms with Crippen molar-refractivity contribution in [3.05, 3.63) is 16.5 Å². The molecule has 0 bridgehead atoms. The molecule has 7 heteroatoms. The number of nitrogens with zero attached hydrogens (tertiary/aromatic N) is 1. The minimum atomic E-state index is -3.43. The average Bonchev–Trinajstić information content (AvgIpc) is 2.84. The molecule has 1 fully saturated rings. The molecule has 1 heterocycles. The second-order valence-electron chi connectivity index (χ2n) is 5.24. The lowest BCUT2D eigenvalue weighted by Crippen LogP contribution is -2.44. The molecule has 0 saturated heterocycles. The van der Waals surface area contributed by atoms with Gasteiger partial charge < -0.3 is 5.73 Å². The smallest absolute Gasteiger partial charge is 0.252 e. The van der Waals surface area contributed by atoms with Crippen molar-refractivity contribution in [1.82, 2.24) is 4.31 Å². The van der Waals surface area contributed by atoms with Gasteiger partial charge in [-0.1, -0.05) is 18.5 Å². The van der Waals surface area contributed by atoms with E-state index in [4.69, 9.17) is 17.3 Å². The van der Waals surface area contributed by atoms with Crippen LogP contribution in [-0.2, 0) is 10.0 Å². The van der Waals surface area contributed by atoms with E-state index in [1.54, 1.807) is 16.4 Å². The van der Waals surface area contributed by atoms with Gasteiger partial charge in [0.1, 0.15) is 4.21 Å². The molecular formula is C13H21ClN2O2S2. The van der Waals surface area contributed by atoms with E-state index in [1.807, 2.05) is 6.92 Å². The first kappa shape index (κ1) is 16.2. The summed E-state index contributed by atoms with van der Waals surface area (Å²) in [5.41, 5.74) is 5.91. The summed E-state index contributed by atoms with van der Waals surface area (Å²) in [6.45, 7) is 2.55. The van der Waals surface area contributed by atoms with Crippen LogP contribution in [-0.4, -0.2) is 31.4 Å². The van der Waals surface area contributed by atoms with Gasteiger partial charge in [0, 0.05) is 18.6 Å². The van der Waals surface area contributed by atoms with Crippen molar-refractivity contribution in [2.24, 2.45) is 5.73 Å². The van der Waals surface area contributed by atoms with Crippen LogP contribution in [0.4, 0.5) is 0 Å². The van der Waals surface area contributed by atoms with Crippen LogP contribution in [0.3, 0.4) is 0 Å². The standard InChI is InChI=1S/C13H21ClN2O2S2/c1-2-9-16(11-5-3-10(15)4-6-11)20(17,18)13-8-7-12(14)19-13/h7-8,10-11H,2-6,9,15H2,1H3. The Morgan fingerprint density at radius 3 is 2.50 bits per heavy atom. The molecule has 20 heavy (non-hydrogen) atoms. The zero-order valence-electron chi connectivity index (χ0n) is 11.6. The minimum Gasteiger partial charge on any atom is -0.328 e. The Labute approximate surface area is 130 Å². The summed E-state index contributed by atoms with van der Waals surface area (Å²) in [5.74, 6) is 0. The highest BCUT2D eigenvalue weighted by Crippen LogP contribution is 2.32. The normalized spacial score (nSPS) is 24.2. The largest absolute Gasteiger partial charge is 0.328 e. The van der Waals surface area contributed by atoms with Gasteiger partial charge in [0.2, 0.25) is 0 Å². The maximum absolute atomic E-state index is 12.8. The van der Waals surface area contributed by atoms with Crippen LogP contribution in [0, 0.1) is 0 Å². The number of thiophene rings is 1. The van der Waals surface area contributed by atoms with Gasteiger partial charge in [0.15, 0.2) is 0 Å². The van der Waals surface area contributed by atoms with Crippen LogP contribution in [0.15, 0.2) is 16.3 Å². The van der Waals surface area contributed by atoms with Crippen molar-refractivity contribution < 1.29 is 8.42 Å². The maximum atomic E-state index is 12.8. The van der Waals surface area contributed by atoms with Gasteiger partial charge in [-0.15, -0.1) is 11.3 Å². The third-order valence-corrected chi connectivity index (χ3v) is 7.35. The first-order chi connectivity index (χ1) is 9.45. The van der Waals surface area contributed by atoms with Crippen molar-refractivity contribution in [3.8, 4) is 0 Å². The highest BCUT2D eigenvalue weighted by Gasteiger charge is 2.33. The number of hydrogen-bond acceptors (Lipinski definition) is 4. The summed E-state index contributed by atoms with van der Waals surface area (Å²) in [4.78, 5) is 0. The van der Waals surface area contributed by atoms with Gasteiger partial charge in [-0.2, -0.15) is 4.31 Å². The third kappa shape index (κ3) is 3.54. The van der Waals surface area contributed by atoms with Crippen molar-refractivity contribution in [1.29, 1.82) is 0 Å². The van der Waals surface area contributed by atoms with Crippen molar-refractivity contribution in [2.45, 2.75) is 55.3 Å². The summed E-state index contributed by atoms with van der Waals surface area (Å²) >= 11 is 7.00. The number of nitrogens with two attached hydrogens (primary N) is 1. The minimum absolute atomic E-state index is 0.0700. The molecule has 0 spiro atoms. The number of sulfonamides is 1. The zero-order valence-corrected chi connectivity index (χ0v) is 14.0. The number of hydrogen-bond donors (Lipinski definition) is 1. The van der Waals surface area contributed by atoms with Crippen LogP contribution in [0.2, 0.25) is 4.34 Å². The molecule has 0 aromatic carbocycles. The van der Waals surface area contributed by atoms with Gasteiger partial charge >= 0.3 is 0 Å². The molecule has 0 unspecified atom stereocenters. The molecule has 0 atom stereocenters. The first-order valence-electron chi connectivity index (χ1n) is 6.98. The summed E-state index contributed by atoms with van der Waals surface area (Å²) in [7, 11) is -3.43. The molecule has 1 aromatic heterocycles. The quantitative estimate of drug-likeness (QED) is 0.898.